The summed E-state index contributed by atoms with van der Waals surface area (Å²) in [5.41, 5.74) is -0.0226. The fourth-order valence-electron chi connectivity index (χ4n) is 2.95. The van der Waals surface area contributed by atoms with Crippen molar-refractivity contribution in [3.05, 3.63) is 45.9 Å². The van der Waals surface area contributed by atoms with Crippen LogP contribution in [-0.4, -0.2) is 64.7 Å². The monoisotopic (exact) mass is 535 g/mol. The summed E-state index contributed by atoms with van der Waals surface area (Å²) in [5.74, 6) is -2.78. The van der Waals surface area contributed by atoms with Gasteiger partial charge in [0.1, 0.15) is 30.8 Å². The van der Waals surface area contributed by atoms with Crippen LogP contribution < -0.4 is 10.6 Å². The van der Waals surface area contributed by atoms with Crippen LogP contribution in [0, 0.1) is 0 Å². The number of aromatic nitrogens is 1. The molecule has 2 aromatic rings. The Kier molecular flexibility index (Phi) is 7.54. The van der Waals surface area contributed by atoms with Crippen molar-refractivity contribution in [1.82, 2.24) is 14.6 Å². The molecule has 0 unspecified atom stereocenters. The standard InChI is InChI=1S/C17H15Cl2N5O7S2/c1-31-23-12(10-7-32-17(20-10)21-11(25)6-18)15(26)22-13-14(8-2-4-9(19)5-3-8)24(16(13)27)33(28,29)30/h2-5,7,13-14H,6H2,1H3,(H,22,26)(H,20,21,25)(H,28,29,30)/b23-12-/t13-,14+/m1/s1. The van der Waals surface area contributed by atoms with Crippen LogP contribution in [0.15, 0.2) is 34.8 Å². The molecule has 1 aliphatic rings. The van der Waals surface area contributed by atoms with Crippen LogP contribution >= 0.6 is 34.5 Å². The number of β-lactam (4-membered cyclic amide) rings is 1. The van der Waals surface area contributed by atoms with Crippen LogP contribution in [0.4, 0.5) is 5.13 Å². The minimum Gasteiger partial charge on any atom is -0.398 e. The van der Waals surface area contributed by atoms with Gasteiger partial charge in [-0.05, 0) is 17.7 Å². The molecule has 1 saturated heterocycles. The predicted octanol–water partition coefficient (Wildman–Crippen LogP) is 1.20. The lowest BCUT2D eigenvalue weighted by atomic mass is 9.91. The number of oxime groups is 1. The summed E-state index contributed by atoms with van der Waals surface area (Å²) in [6, 6.07) is 3.25. The van der Waals surface area contributed by atoms with Crippen molar-refractivity contribution in [2.45, 2.75) is 12.1 Å². The minimum absolute atomic E-state index is 0.0191. The third-order valence-corrected chi connectivity index (χ3v) is 6.47. The number of carbonyl (C=O) groups is 3. The summed E-state index contributed by atoms with van der Waals surface area (Å²) in [4.78, 5) is 45.5. The fourth-order valence-corrected chi connectivity index (χ4v) is 4.72. The Morgan fingerprint density at radius 1 is 1.33 bits per heavy atom. The maximum absolute atomic E-state index is 12.9. The lowest BCUT2D eigenvalue weighted by molar-refractivity contribution is -0.145. The maximum atomic E-state index is 12.9. The smallest absolute Gasteiger partial charge is 0.362 e. The first-order valence-electron chi connectivity index (χ1n) is 8.86. The van der Waals surface area contributed by atoms with Crippen molar-refractivity contribution in [3.8, 4) is 0 Å². The first-order chi connectivity index (χ1) is 15.6. The van der Waals surface area contributed by atoms with Gasteiger partial charge in [-0.25, -0.2) is 9.29 Å². The second-order valence-corrected chi connectivity index (χ2v) is 9.25. The van der Waals surface area contributed by atoms with E-state index in [0.29, 0.717) is 10.6 Å². The molecule has 12 nitrogen and oxygen atoms in total. The predicted molar refractivity (Wildman–Crippen MR) is 120 cm³/mol. The third kappa shape index (κ3) is 5.42. The lowest BCUT2D eigenvalue weighted by Crippen LogP contribution is -2.67. The molecule has 0 spiro atoms. The number of nitrogens with zero attached hydrogens (tertiary/aromatic N) is 3. The van der Waals surface area contributed by atoms with Crippen LogP contribution in [0.25, 0.3) is 0 Å². The molecule has 2 atom stereocenters. The normalized spacial score (nSPS) is 18.5. The average Bonchev–Trinajstić information content (AvgIpc) is 3.21. The Hall–Kier alpha value is -2.78. The van der Waals surface area contributed by atoms with Crippen molar-refractivity contribution >= 4 is 73.4 Å². The van der Waals surface area contributed by atoms with E-state index in [1.807, 2.05) is 0 Å². The Labute approximate surface area is 201 Å². The summed E-state index contributed by atoms with van der Waals surface area (Å²) in [6.07, 6.45) is 0. The van der Waals surface area contributed by atoms with Crippen LogP contribution in [0.1, 0.15) is 17.3 Å². The Balaban J connectivity index is 1.86. The molecule has 1 aliphatic heterocycles. The van der Waals surface area contributed by atoms with Crippen molar-refractivity contribution in [1.29, 1.82) is 0 Å². The summed E-state index contributed by atoms with van der Waals surface area (Å²) in [5, 5.41) is 10.3. The van der Waals surface area contributed by atoms with E-state index in [4.69, 9.17) is 23.2 Å². The number of nitrogens with one attached hydrogen (secondary N) is 2. The van der Waals surface area contributed by atoms with Gasteiger partial charge >= 0.3 is 10.3 Å². The number of hydrogen-bond acceptors (Lipinski definition) is 9. The fraction of sp³-hybridized carbons (Fsp3) is 0.235. The molecule has 0 bridgehead atoms. The Bertz CT molecular complexity index is 1220. The summed E-state index contributed by atoms with van der Waals surface area (Å²) < 4.78 is 33.1. The molecule has 3 rings (SSSR count). The highest BCUT2D eigenvalue weighted by Crippen LogP contribution is 2.37. The number of amides is 3. The molecule has 3 amide bonds. The van der Waals surface area contributed by atoms with Gasteiger partial charge in [-0.1, -0.05) is 28.9 Å². The second-order valence-electron chi connectivity index (χ2n) is 6.40. The molecule has 1 aromatic heterocycles. The van der Waals surface area contributed by atoms with Gasteiger partial charge in [-0.2, -0.15) is 8.42 Å². The summed E-state index contributed by atoms with van der Waals surface area (Å²) in [7, 11) is -3.72. The van der Waals surface area contributed by atoms with Crippen LogP contribution in [0.3, 0.4) is 0 Å². The first-order valence-corrected chi connectivity index (χ1v) is 12.1. The quantitative estimate of drug-likeness (QED) is 0.149. The Morgan fingerprint density at radius 3 is 2.58 bits per heavy atom. The zero-order valence-corrected chi connectivity index (χ0v) is 19.7. The van der Waals surface area contributed by atoms with Gasteiger partial charge in [0.15, 0.2) is 10.8 Å². The molecule has 176 valence electrons. The highest BCUT2D eigenvalue weighted by Gasteiger charge is 2.55. The number of hydrogen-bond donors (Lipinski definition) is 3. The third-order valence-electron chi connectivity index (χ3n) is 4.31. The highest BCUT2D eigenvalue weighted by atomic mass is 35.5. The molecular formula is C17H15Cl2N5O7S2. The van der Waals surface area contributed by atoms with Gasteiger partial charge in [0, 0.05) is 10.4 Å². The van der Waals surface area contributed by atoms with E-state index in [0.717, 1.165) is 11.3 Å². The molecule has 2 heterocycles. The van der Waals surface area contributed by atoms with Crippen LogP contribution in [-0.2, 0) is 29.5 Å². The largest absolute Gasteiger partial charge is 0.398 e. The SMILES string of the molecule is CO/N=C(\C(=O)N[C@H]1C(=O)N(S(=O)(=O)O)[C@H]1c1ccc(Cl)cc1)c1csc(NC(=O)CCl)n1. The topological polar surface area (TPSA) is 167 Å². The van der Waals surface area contributed by atoms with Crippen LogP contribution in [0.2, 0.25) is 5.02 Å². The molecule has 0 saturated carbocycles. The molecule has 0 radical (unpaired) electrons. The van der Waals surface area contributed by atoms with Crippen molar-refractivity contribution < 1.29 is 32.2 Å². The van der Waals surface area contributed by atoms with E-state index < -0.39 is 40.1 Å². The molecule has 16 heteroatoms. The Morgan fingerprint density at radius 2 is 2.00 bits per heavy atom. The number of rotatable bonds is 8. The van der Waals surface area contributed by atoms with Gasteiger partial charge in [-0.15, -0.1) is 22.9 Å². The number of thiazole rings is 1. The van der Waals surface area contributed by atoms with E-state index in [1.54, 1.807) is 0 Å². The van der Waals surface area contributed by atoms with E-state index in [9.17, 15) is 27.4 Å². The lowest BCUT2D eigenvalue weighted by Gasteiger charge is -2.44. The highest BCUT2D eigenvalue weighted by molar-refractivity contribution is 7.84. The number of carbonyl (C=O) groups excluding carboxylic acids is 3. The number of anilines is 1. The van der Waals surface area contributed by atoms with E-state index >= 15 is 0 Å². The molecule has 3 N–H and O–H groups in total. The second kappa shape index (κ2) is 10.0. The van der Waals surface area contributed by atoms with Crippen LogP contribution in [0.5, 0.6) is 0 Å². The van der Waals surface area contributed by atoms with E-state index in [-0.39, 0.29) is 26.7 Å². The van der Waals surface area contributed by atoms with Crippen molar-refractivity contribution in [2.24, 2.45) is 5.16 Å². The van der Waals surface area contributed by atoms with Gasteiger partial charge in [-0.3, -0.25) is 18.9 Å². The molecule has 1 fully saturated rings. The minimum atomic E-state index is -4.90. The van der Waals surface area contributed by atoms with Crippen molar-refractivity contribution in [3.63, 3.8) is 0 Å². The van der Waals surface area contributed by atoms with Gasteiger partial charge in [0.25, 0.3) is 11.8 Å². The zero-order valence-electron chi connectivity index (χ0n) is 16.6. The van der Waals surface area contributed by atoms with Crippen molar-refractivity contribution in [2.75, 3.05) is 18.3 Å². The molecular weight excluding hydrogens is 521 g/mol. The van der Waals surface area contributed by atoms with Gasteiger partial charge < -0.3 is 15.5 Å². The maximum Gasteiger partial charge on any atom is 0.362 e. The number of alkyl halides is 1. The molecule has 0 aliphatic carbocycles. The molecule has 33 heavy (non-hydrogen) atoms. The summed E-state index contributed by atoms with van der Waals surface area (Å²) >= 11 is 12.3. The molecule has 1 aromatic carbocycles. The van der Waals surface area contributed by atoms with Gasteiger partial charge in [0.05, 0.1) is 0 Å². The average molecular weight is 536 g/mol. The van der Waals surface area contributed by atoms with E-state index in [2.05, 4.69) is 25.6 Å². The summed E-state index contributed by atoms with van der Waals surface area (Å²) in [6.45, 7) is 0. The van der Waals surface area contributed by atoms with E-state index in [1.165, 1.54) is 36.8 Å². The van der Waals surface area contributed by atoms with Gasteiger partial charge in [0.2, 0.25) is 5.91 Å². The first kappa shape index (κ1) is 24.9. The zero-order chi connectivity index (χ0) is 24.3. The number of halogens is 2. The number of benzene rings is 1.